The quantitative estimate of drug-likeness (QED) is 0.452. The Balaban J connectivity index is 2.58. The van der Waals surface area contributed by atoms with Crippen LogP contribution in [0.2, 0.25) is 0 Å². The summed E-state index contributed by atoms with van der Waals surface area (Å²) >= 11 is 0. The number of methoxy groups -OCH3 is 1. The van der Waals surface area contributed by atoms with Gasteiger partial charge in [-0.3, -0.25) is 0 Å². The minimum Gasteiger partial charge on any atom is -0.437 e. The molecule has 1 aromatic rings. The Kier molecular flexibility index (Phi) is 2.49. The van der Waals surface area contributed by atoms with Gasteiger partial charge in [-0.15, -0.1) is 0 Å². The predicted octanol–water partition coefficient (Wildman–Crippen LogP) is 1.63. The van der Waals surface area contributed by atoms with Gasteiger partial charge in [0.15, 0.2) is 0 Å². The monoisotopic (exact) mass is 151 g/mol. The van der Waals surface area contributed by atoms with E-state index in [4.69, 9.17) is 0 Å². The highest BCUT2D eigenvalue weighted by Crippen LogP contribution is 2.07. The summed E-state index contributed by atoms with van der Waals surface area (Å²) in [5, 5.41) is 0. The van der Waals surface area contributed by atoms with Crippen molar-refractivity contribution in [2.75, 3.05) is 7.11 Å². The Morgan fingerprint density at radius 1 is 1.64 bits per heavy atom. The van der Waals surface area contributed by atoms with Gasteiger partial charge in [0.25, 0.3) is 0 Å². The van der Waals surface area contributed by atoms with Crippen LogP contribution in [-0.4, -0.2) is 13.3 Å². The van der Waals surface area contributed by atoms with Crippen molar-refractivity contribution >= 4 is 6.16 Å². The van der Waals surface area contributed by atoms with E-state index in [9.17, 15) is 4.79 Å². The first-order valence-electron chi connectivity index (χ1n) is 3.05. The van der Waals surface area contributed by atoms with E-state index >= 15 is 0 Å². The second-order valence-electron chi connectivity index (χ2n) is 1.80. The highest BCUT2D eigenvalue weighted by Gasteiger charge is 2.00. The van der Waals surface area contributed by atoms with E-state index in [2.05, 4.69) is 15.5 Å². The number of hydrogen-bond acceptors (Lipinski definition) is 3. The second kappa shape index (κ2) is 3.61. The van der Waals surface area contributed by atoms with Crippen LogP contribution in [0.4, 0.5) is 4.79 Å². The topological polar surface area (TPSA) is 35.5 Å². The minimum atomic E-state index is -0.718. The zero-order chi connectivity index (χ0) is 8.10. The molecule has 0 aromatic heterocycles. The van der Waals surface area contributed by atoms with E-state index in [1.54, 1.807) is 24.3 Å². The van der Waals surface area contributed by atoms with E-state index in [1.165, 1.54) is 7.11 Å². The van der Waals surface area contributed by atoms with Crippen molar-refractivity contribution in [3.8, 4) is 5.75 Å². The molecule has 0 aliphatic rings. The highest BCUT2D eigenvalue weighted by molar-refractivity contribution is 5.63. The third-order valence-electron chi connectivity index (χ3n) is 1.05. The number of rotatable bonds is 1. The summed E-state index contributed by atoms with van der Waals surface area (Å²) in [5.41, 5.74) is 0. The van der Waals surface area contributed by atoms with Crippen molar-refractivity contribution in [3.63, 3.8) is 0 Å². The molecule has 0 aliphatic carbocycles. The van der Waals surface area contributed by atoms with Crippen molar-refractivity contribution in [2.24, 2.45) is 0 Å². The molecule has 1 aromatic carbocycles. The molecule has 0 fully saturated rings. The van der Waals surface area contributed by atoms with Crippen LogP contribution < -0.4 is 4.74 Å². The van der Waals surface area contributed by atoms with Gasteiger partial charge in [-0.1, -0.05) is 12.1 Å². The molecule has 57 valence electrons. The van der Waals surface area contributed by atoms with E-state index in [1.807, 2.05) is 0 Å². The van der Waals surface area contributed by atoms with Crippen LogP contribution in [0, 0.1) is 6.07 Å². The lowest BCUT2D eigenvalue weighted by Crippen LogP contribution is -2.06. The number of carbonyl (C=O) groups is 1. The van der Waals surface area contributed by atoms with Crippen LogP contribution in [0.15, 0.2) is 24.3 Å². The smallest absolute Gasteiger partial charge is 0.437 e. The molecule has 0 atom stereocenters. The molecule has 0 N–H and O–H groups in total. The van der Waals surface area contributed by atoms with Crippen LogP contribution in [0.5, 0.6) is 5.75 Å². The maximum Gasteiger partial charge on any atom is 0.513 e. The average molecular weight is 151 g/mol. The van der Waals surface area contributed by atoms with Crippen molar-refractivity contribution in [2.45, 2.75) is 0 Å². The van der Waals surface area contributed by atoms with E-state index in [0.717, 1.165) is 0 Å². The lowest BCUT2D eigenvalue weighted by Gasteiger charge is -1.99. The summed E-state index contributed by atoms with van der Waals surface area (Å²) in [6.45, 7) is 0. The Labute approximate surface area is 64.5 Å². The van der Waals surface area contributed by atoms with E-state index < -0.39 is 6.16 Å². The Bertz CT molecular complexity index is 230. The Morgan fingerprint density at radius 3 is 3.00 bits per heavy atom. The largest absolute Gasteiger partial charge is 0.513 e. The standard InChI is InChI=1S/C8H7O3/c1-10-8(9)11-7-5-3-2-4-6-7/h2-3,5-6H,1H3. The molecule has 1 radical (unpaired) electrons. The van der Waals surface area contributed by atoms with E-state index in [-0.39, 0.29) is 0 Å². The molecule has 11 heavy (non-hydrogen) atoms. The molecule has 0 amide bonds. The second-order valence-corrected chi connectivity index (χ2v) is 1.80. The van der Waals surface area contributed by atoms with Crippen LogP contribution in [0.1, 0.15) is 0 Å². The molecular weight excluding hydrogens is 144 g/mol. The van der Waals surface area contributed by atoms with Crippen molar-refractivity contribution in [1.29, 1.82) is 0 Å². The van der Waals surface area contributed by atoms with Crippen molar-refractivity contribution in [1.82, 2.24) is 0 Å². The molecule has 0 heterocycles. The number of ether oxygens (including phenoxy) is 2. The molecule has 1 rings (SSSR count). The lowest BCUT2D eigenvalue weighted by atomic mass is 10.3. The van der Waals surface area contributed by atoms with Crippen LogP contribution in [0.3, 0.4) is 0 Å². The van der Waals surface area contributed by atoms with Gasteiger partial charge in [0, 0.05) is 0 Å². The summed E-state index contributed by atoms with van der Waals surface area (Å²) in [6, 6.07) is 9.39. The summed E-state index contributed by atoms with van der Waals surface area (Å²) < 4.78 is 8.95. The fourth-order valence-electron chi connectivity index (χ4n) is 0.578. The maximum absolute atomic E-state index is 10.5. The SMILES string of the molecule is COC(=O)Oc1c[c]ccc1. The average Bonchev–Trinajstić information content (AvgIpc) is 2.06. The van der Waals surface area contributed by atoms with Gasteiger partial charge >= 0.3 is 6.16 Å². The molecule has 0 unspecified atom stereocenters. The molecule has 3 heteroatoms. The van der Waals surface area contributed by atoms with Gasteiger partial charge in [-0.05, 0) is 18.2 Å². The highest BCUT2D eigenvalue weighted by atomic mass is 16.7. The molecule has 0 aliphatic heterocycles. The third kappa shape index (κ3) is 2.29. The summed E-state index contributed by atoms with van der Waals surface area (Å²) in [5.74, 6) is 0.430. The van der Waals surface area contributed by atoms with Crippen LogP contribution >= 0.6 is 0 Å². The fourth-order valence-corrected chi connectivity index (χ4v) is 0.578. The van der Waals surface area contributed by atoms with Crippen LogP contribution in [0.25, 0.3) is 0 Å². The first kappa shape index (κ1) is 7.60. The van der Waals surface area contributed by atoms with Crippen LogP contribution in [-0.2, 0) is 4.74 Å². The summed E-state index contributed by atoms with van der Waals surface area (Å²) in [4.78, 5) is 10.5. The van der Waals surface area contributed by atoms with Gasteiger partial charge in [0.1, 0.15) is 5.75 Å². The third-order valence-corrected chi connectivity index (χ3v) is 1.05. The maximum atomic E-state index is 10.5. The minimum absolute atomic E-state index is 0.430. The number of carbonyl (C=O) groups excluding carboxylic acids is 1. The van der Waals surface area contributed by atoms with Crippen molar-refractivity contribution in [3.05, 3.63) is 30.3 Å². The predicted molar refractivity (Wildman–Crippen MR) is 38.3 cm³/mol. The Hall–Kier alpha value is -1.51. The van der Waals surface area contributed by atoms with Gasteiger partial charge in [0.2, 0.25) is 0 Å². The zero-order valence-electron chi connectivity index (χ0n) is 6.03. The molecule has 0 bridgehead atoms. The number of hydrogen-bond donors (Lipinski definition) is 0. The zero-order valence-corrected chi connectivity index (χ0v) is 6.03. The molecular formula is C8H7O3. The normalized spacial score (nSPS) is 8.82. The summed E-state index contributed by atoms with van der Waals surface area (Å²) in [7, 11) is 1.26. The van der Waals surface area contributed by atoms with Gasteiger partial charge in [0.05, 0.1) is 7.11 Å². The van der Waals surface area contributed by atoms with Gasteiger partial charge in [-0.2, -0.15) is 0 Å². The molecule has 0 spiro atoms. The van der Waals surface area contributed by atoms with Crippen molar-refractivity contribution < 1.29 is 14.3 Å². The van der Waals surface area contributed by atoms with E-state index in [0.29, 0.717) is 5.75 Å². The Morgan fingerprint density at radius 2 is 2.45 bits per heavy atom. The molecule has 3 nitrogen and oxygen atoms in total. The number of benzene rings is 1. The summed E-state index contributed by atoms with van der Waals surface area (Å²) in [6.07, 6.45) is -0.718. The first-order chi connectivity index (χ1) is 5.33. The fraction of sp³-hybridized carbons (Fsp3) is 0.125. The molecule has 0 saturated carbocycles. The van der Waals surface area contributed by atoms with Gasteiger partial charge < -0.3 is 9.47 Å². The molecule has 0 saturated heterocycles. The first-order valence-corrected chi connectivity index (χ1v) is 3.05. The lowest BCUT2D eigenvalue weighted by molar-refractivity contribution is 0.121. The van der Waals surface area contributed by atoms with Gasteiger partial charge in [-0.25, -0.2) is 4.79 Å².